The molecule has 0 aromatic carbocycles. The standard InChI is InChI=1S/C36H64F5N4O16PS/c37-27-28(38)30(40)35(31(41)29(27)39)61-26(46)8-12-55-14-16-57-18-19-58-17-15-56-13-11-45-21-22(43-44-45)3-1-2-10-42-63(53,54)24-6-4-23(5-7-24)59-36-34(49)33(48)32(47)25(60-36)9-20-62(50,51)52/h22-25,27-36,42-44,47-49H,1-21H2,(H2,50,51,52)/t22?,23?,24?,25-,27?,28?,29?,30?,31?,32-,33+,34+,35?,36+/m1/s1. The van der Waals surface area contributed by atoms with Gasteiger partial charge >= 0.3 is 13.6 Å². The average molecular weight is 967 g/mol. The van der Waals surface area contributed by atoms with E-state index in [9.17, 15) is 55.0 Å². The second-order valence-electron chi connectivity index (χ2n) is 15.9. The molecule has 0 bridgehead atoms. The Morgan fingerprint density at radius 3 is 1.94 bits per heavy atom. The first-order valence-electron chi connectivity index (χ1n) is 21.2. The van der Waals surface area contributed by atoms with E-state index in [4.69, 9.17) is 38.2 Å². The summed E-state index contributed by atoms with van der Waals surface area (Å²) in [6, 6.07) is 0.160. The second-order valence-corrected chi connectivity index (χ2v) is 19.8. The third-order valence-corrected chi connectivity index (χ3v) is 13.9. The van der Waals surface area contributed by atoms with Gasteiger partial charge in [-0.2, -0.15) is 5.53 Å². The molecule has 10 atom stereocenters. The van der Waals surface area contributed by atoms with Crippen LogP contribution in [0.15, 0.2) is 0 Å². The number of ether oxygens (including phenoxy) is 7. The van der Waals surface area contributed by atoms with Crippen molar-refractivity contribution in [3.8, 4) is 0 Å². The lowest BCUT2D eigenvalue weighted by Crippen LogP contribution is -2.59. The van der Waals surface area contributed by atoms with E-state index in [-0.39, 0.29) is 52.0 Å². The Balaban J connectivity index is 0.927. The molecular weight excluding hydrogens is 902 g/mol. The molecule has 0 spiro atoms. The number of hydrogen-bond donors (Lipinski definition) is 8. The number of sulfonamides is 1. The number of esters is 1. The van der Waals surface area contributed by atoms with Crippen molar-refractivity contribution >= 4 is 23.6 Å². The highest BCUT2D eigenvalue weighted by Gasteiger charge is 2.55. The molecule has 63 heavy (non-hydrogen) atoms. The lowest BCUT2D eigenvalue weighted by atomic mass is 9.89. The summed E-state index contributed by atoms with van der Waals surface area (Å²) in [4.78, 5) is 30.1. The highest BCUT2D eigenvalue weighted by atomic mass is 32.2. The number of alkyl halides is 5. The molecule has 0 radical (unpaired) electrons. The van der Waals surface area contributed by atoms with Gasteiger partial charge in [-0.15, -0.1) is 0 Å². The van der Waals surface area contributed by atoms with Crippen LogP contribution in [0.5, 0.6) is 0 Å². The Morgan fingerprint density at radius 2 is 1.33 bits per heavy atom. The van der Waals surface area contributed by atoms with Crippen LogP contribution in [0.3, 0.4) is 0 Å². The fraction of sp³-hybridized carbons (Fsp3) is 0.972. The van der Waals surface area contributed by atoms with Gasteiger partial charge in [-0.1, -0.05) is 6.42 Å². The van der Waals surface area contributed by atoms with Crippen LogP contribution in [0, 0.1) is 0 Å². The van der Waals surface area contributed by atoms with Crippen molar-refractivity contribution in [3.63, 3.8) is 0 Å². The van der Waals surface area contributed by atoms with Gasteiger partial charge < -0.3 is 58.3 Å². The molecule has 4 rings (SSSR count). The van der Waals surface area contributed by atoms with Crippen molar-refractivity contribution in [1.82, 2.24) is 20.7 Å². The number of unbranched alkanes of at least 4 members (excludes halogenated alkanes) is 1. The van der Waals surface area contributed by atoms with Gasteiger partial charge in [0.25, 0.3) is 0 Å². The minimum Gasteiger partial charge on any atom is -0.456 e. The van der Waals surface area contributed by atoms with Crippen LogP contribution in [0.4, 0.5) is 22.0 Å². The van der Waals surface area contributed by atoms with Crippen molar-refractivity contribution in [2.45, 2.75) is 143 Å². The molecule has 2 aliphatic carbocycles. The van der Waals surface area contributed by atoms with E-state index in [0.717, 1.165) is 19.4 Å². The first-order chi connectivity index (χ1) is 29.9. The number of nitrogens with zero attached hydrogens (tertiary/aromatic N) is 1. The molecule has 4 fully saturated rings. The maximum atomic E-state index is 13.8. The largest absolute Gasteiger partial charge is 0.456 e. The maximum absolute atomic E-state index is 13.8. The van der Waals surface area contributed by atoms with Crippen LogP contribution in [0.1, 0.15) is 57.8 Å². The number of nitrogens with one attached hydrogen (secondary N) is 3. The van der Waals surface area contributed by atoms with Crippen molar-refractivity contribution in [2.75, 3.05) is 78.7 Å². The first kappa shape index (κ1) is 54.3. The highest BCUT2D eigenvalue weighted by molar-refractivity contribution is 7.90. The van der Waals surface area contributed by atoms with Crippen molar-refractivity contribution in [3.05, 3.63) is 0 Å². The van der Waals surface area contributed by atoms with Crippen LogP contribution in [-0.2, 0) is 52.5 Å². The summed E-state index contributed by atoms with van der Waals surface area (Å²) < 4.78 is 145. The summed E-state index contributed by atoms with van der Waals surface area (Å²) in [5, 5.41) is 32.1. The fourth-order valence-corrected chi connectivity index (χ4v) is 9.58. The molecule has 0 aromatic rings. The van der Waals surface area contributed by atoms with Gasteiger partial charge in [0.15, 0.2) is 43.3 Å². The molecule has 4 aliphatic rings. The Labute approximate surface area is 363 Å². The topological polar surface area (TPSA) is 273 Å². The van der Waals surface area contributed by atoms with Gasteiger partial charge in [0.1, 0.15) is 18.3 Å². The maximum Gasteiger partial charge on any atom is 0.325 e. The Kier molecular flexibility index (Phi) is 23.2. The lowest BCUT2D eigenvalue weighted by molar-refractivity contribution is -0.309. The molecule has 27 heteroatoms. The molecule has 370 valence electrons. The average Bonchev–Trinajstić information content (AvgIpc) is 3.70. The van der Waals surface area contributed by atoms with Crippen LogP contribution in [0.25, 0.3) is 0 Å². The predicted molar refractivity (Wildman–Crippen MR) is 210 cm³/mol. The van der Waals surface area contributed by atoms with Crippen molar-refractivity contribution < 1.29 is 98.0 Å². The van der Waals surface area contributed by atoms with E-state index in [1.165, 1.54) is 0 Å². The van der Waals surface area contributed by atoms with Crippen LogP contribution in [-0.4, -0.2) is 208 Å². The summed E-state index contributed by atoms with van der Waals surface area (Å²) in [5.74, 6) is -1.14. The number of rotatable bonds is 28. The summed E-state index contributed by atoms with van der Waals surface area (Å²) in [7, 11) is -7.99. The zero-order valence-electron chi connectivity index (χ0n) is 34.9. The zero-order chi connectivity index (χ0) is 46.2. The molecule has 2 saturated carbocycles. The summed E-state index contributed by atoms with van der Waals surface area (Å²) in [5.41, 5.74) is 6.31. The molecule has 8 N–H and O–H groups in total. The van der Waals surface area contributed by atoms with Crippen LogP contribution < -0.4 is 15.7 Å². The molecule has 2 saturated heterocycles. The van der Waals surface area contributed by atoms with Gasteiger partial charge in [-0.3, -0.25) is 9.36 Å². The summed E-state index contributed by atoms with van der Waals surface area (Å²) in [6.07, 6.45) is -22.5. The smallest absolute Gasteiger partial charge is 0.325 e. The number of hydrogen-bond acceptors (Lipinski definition) is 17. The third kappa shape index (κ3) is 18.0. The number of carbonyl (C=O) groups excluding carboxylic acids is 1. The molecule has 20 nitrogen and oxygen atoms in total. The Hall–Kier alpha value is -1.30. The van der Waals surface area contributed by atoms with Gasteiger partial charge in [0.05, 0.1) is 82.9 Å². The number of carbonyl (C=O) groups is 1. The number of aliphatic hydroxyl groups is 3. The molecular formula is C36H64F5N4O16PS. The highest BCUT2D eigenvalue weighted by Crippen LogP contribution is 2.38. The van der Waals surface area contributed by atoms with Gasteiger partial charge in [0, 0.05) is 25.7 Å². The third-order valence-electron chi connectivity index (χ3n) is 11.1. The minimum absolute atomic E-state index is 0.0791. The van der Waals surface area contributed by atoms with Crippen LogP contribution in [0.2, 0.25) is 0 Å². The van der Waals surface area contributed by atoms with Gasteiger partial charge in [0.2, 0.25) is 10.0 Å². The monoisotopic (exact) mass is 966 g/mol. The zero-order valence-corrected chi connectivity index (χ0v) is 36.6. The number of halogens is 5. The molecule has 0 amide bonds. The van der Waals surface area contributed by atoms with E-state index in [0.29, 0.717) is 58.5 Å². The number of hydrazine groups is 2. The second kappa shape index (κ2) is 26.9. The number of aliphatic hydroxyl groups excluding tert-OH is 3. The molecule has 2 heterocycles. The van der Waals surface area contributed by atoms with Gasteiger partial charge in [-0.25, -0.2) is 45.5 Å². The SMILES string of the molecule is O=C(CCOCCOCCOCCOCCN1CC(CCCCNS(=O)(=O)C2CCC(O[C@H]3O[C@H](CCP(=O)(O)O)[C@@H](O)[C@H](O)[C@@H]3O)CC2)NN1)OC1C(F)C(F)C(F)C(F)C1F. The van der Waals surface area contributed by atoms with E-state index in [1.54, 1.807) is 0 Å². The first-order valence-corrected chi connectivity index (χ1v) is 24.6. The predicted octanol–water partition coefficient (Wildman–Crippen LogP) is -0.455. The van der Waals surface area contributed by atoms with Gasteiger partial charge in [-0.05, 0) is 44.9 Å². The summed E-state index contributed by atoms with van der Waals surface area (Å²) >= 11 is 0. The van der Waals surface area contributed by atoms with Crippen molar-refractivity contribution in [1.29, 1.82) is 0 Å². The fourth-order valence-electron chi connectivity index (χ4n) is 7.43. The lowest BCUT2D eigenvalue weighted by Gasteiger charge is -2.42. The van der Waals surface area contributed by atoms with Crippen LogP contribution >= 0.6 is 7.60 Å². The molecule has 5 unspecified atom stereocenters. The normalized spacial score (nSPS) is 34.6. The van der Waals surface area contributed by atoms with E-state index in [2.05, 4.69) is 20.4 Å². The van der Waals surface area contributed by atoms with E-state index >= 15 is 0 Å². The van der Waals surface area contributed by atoms with E-state index in [1.807, 2.05) is 5.01 Å². The molecule has 2 aliphatic heterocycles. The quantitative estimate of drug-likeness (QED) is 0.0213. The summed E-state index contributed by atoms with van der Waals surface area (Å²) in [6.45, 7) is 3.34. The minimum atomic E-state index is -4.39. The van der Waals surface area contributed by atoms with Crippen molar-refractivity contribution in [2.24, 2.45) is 0 Å². The Bertz CT molecular complexity index is 1480. The Morgan fingerprint density at radius 1 is 0.762 bits per heavy atom. The molecule has 0 aromatic heterocycles. The van der Waals surface area contributed by atoms with E-state index < -0.39 is 115 Å².